The number of fused-ring (bicyclic) bond motifs is 2. The van der Waals surface area contributed by atoms with Crippen molar-refractivity contribution >= 4 is 23.2 Å². The van der Waals surface area contributed by atoms with Crippen LogP contribution in [0.25, 0.3) is 11.3 Å². The van der Waals surface area contributed by atoms with Crippen LogP contribution in [-0.4, -0.2) is 35.1 Å². The van der Waals surface area contributed by atoms with Crippen molar-refractivity contribution < 1.29 is 18.3 Å². The van der Waals surface area contributed by atoms with Crippen molar-refractivity contribution in [1.29, 1.82) is 0 Å². The molecule has 2 aromatic carbocycles. The van der Waals surface area contributed by atoms with Gasteiger partial charge >= 0.3 is 0 Å². The maximum absolute atomic E-state index is 14.9. The SMILES string of the molecule is CC(C)N1C(=O)COc2c(F)cc(-c3nc(Nc4ccc5c(c4)CCNC5)ncc3F)cc21. The highest BCUT2D eigenvalue weighted by atomic mass is 19.1. The van der Waals surface area contributed by atoms with Crippen LogP contribution in [0.3, 0.4) is 0 Å². The minimum Gasteiger partial charge on any atom is -0.478 e. The number of rotatable bonds is 4. The molecule has 0 aliphatic carbocycles. The van der Waals surface area contributed by atoms with E-state index in [2.05, 4.69) is 20.6 Å². The minimum absolute atomic E-state index is 0.0246. The summed E-state index contributed by atoms with van der Waals surface area (Å²) in [4.78, 5) is 22.2. The van der Waals surface area contributed by atoms with Crippen molar-refractivity contribution in [2.24, 2.45) is 0 Å². The Morgan fingerprint density at radius 3 is 2.82 bits per heavy atom. The molecule has 0 radical (unpaired) electrons. The van der Waals surface area contributed by atoms with Gasteiger partial charge in [0.25, 0.3) is 5.91 Å². The molecule has 0 fully saturated rings. The molecule has 0 saturated heterocycles. The van der Waals surface area contributed by atoms with Crippen LogP contribution >= 0.6 is 0 Å². The number of hydrogen-bond acceptors (Lipinski definition) is 6. The van der Waals surface area contributed by atoms with Gasteiger partial charge < -0.3 is 20.3 Å². The van der Waals surface area contributed by atoms with Gasteiger partial charge in [0.05, 0.1) is 11.9 Å². The molecule has 0 atom stereocenters. The van der Waals surface area contributed by atoms with Crippen LogP contribution in [-0.2, 0) is 17.8 Å². The fourth-order valence-corrected chi connectivity index (χ4v) is 4.26. The molecule has 1 aromatic heterocycles. The third kappa shape index (κ3) is 4.00. The molecule has 33 heavy (non-hydrogen) atoms. The van der Waals surface area contributed by atoms with E-state index in [1.54, 1.807) is 0 Å². The Bertz CT molecular complexity index is 1250. The number of amides is 1. The third-order valence-electron chi connectivity index (χ3n) is 5.78. The highest BCUT2D eigenvalue weighted by Crippen LogP contribution is 2.39. The molecule has 3 aromatic rings. The predicted octanol–water partition coefficient (Wildman–Crippen LogP) is 3.94. The van der Waals surface area contributed by atoms with E-state index in [1.165, 1.54) is 22.1 Å². The van der Waals surface area contributed by atoms with Crippen LogP contribution in [0.5, 0.6) is 5.75 Å². The van der Waals surface area contributed by atoms with Gasteiger partial charge in [-0.05, 0) is 62.2 Å². The summed E-state index contributed by atoms with van der Waals surface area (Å²) in [6.45, 7) is 5.14. The molecule has 2 aliphatic rings. The van der Waals surface area contributed by atoms with Crippen LogP contribution in [0.1, 0.15) is 25.0 Å². The largest absolute Gasteiger partial charge is 0.478 e. The lowest BCUT2D eigenvalue weighted by atomic mass is 10.0. The number of hydrogen-bond donors (Lipinski definition) is 2. The summed E-state index contributed by atoms with van der Waals surface area (Å²) in [6, 6.07) is 8.45. The number of halogens is 2. The Balaban J connectivity index is 1.51. The maximum Gasteiger partial charge on any atom is 0.265 e. The van der Waals surface area contributed by atoms with Crippen LogP contribution < -0.4 is 20.3 Å². The van der Waals surface area contributed by atoms with Gasteiger partial charge in [0, 0.05) is 23.8 Å². The molecule has 0 unspecified atom stereocenters. The summed E-state index contributed by atoms with van der Waals surface area (Å²) in [5, 5.41) is 6.44. The van der Waals surface area contributed by atoms with Gasteiger partial charge in [-0.2, -0.15) is 0 Å². The molecule has 0 bridgehead atoms. The summed E-state index contributed by atoms with van der Waals surface area (Å²) in [6.07, 6.45) is 1.97. The summed E-state index contributed by atoms with van der Waals surface area (Å²) in [5.41, 5.74) is 3.63. The van der Waals surface area contributed by atoms with Gasteiger partial charge in [-0.25, -0.2) is 18.7 Å². The Hall–Kier alpha value is -3.59. The van der Waals surface area contributed by atoms with Crippen molar-refractivity contribution in [3.05, 3.63) is 59.3 Å². The third-order valence-corrected chi connectivity index (χ3v) is 5.78. The second-order valence-electron chi connectivity index (χ2n) is 8.38. The van der Waals surface area contributed by atoms with E-state index in [0.717, 1.165) is 37.5 Å². The number of nitrogens with one attached hydrogen (secondary N) is 2. The fourth-order valence-electron chi connectivity index (χ4n) is 4.26. The van der Waals surface area contributed by atoms with Crippen LogP contribution in [0, 0.1) is 11.6 Å². The Labute approximate surface area is 189 Å². The van der Waals surface area contributed by atoms with Gasteiger partial charge in [-0.1, -0.05) is 6.07 Å². The van der Waals surface area contributed by atoms with Crippen molar-refractivity contribution in [3.63, 3.8) is 0 Å². The monoisotopic (exact) mass is 451 g/mol. The first-order valence-corrected chi connectivity index (χ1v) is 10.8. The molecule has 2 N–H and O–H groups in total. The Morgan fingerprint density at radius 2 is 2.00 bits per heavy atom. The molecule has 9 heteroatoms. The standard InChI is InChI=1S/C24H23F2N5O2/c1-13(2)31-20-9-16(8-18(25)23(20)33-12-21(31)32)22-19(26)11-28-24(30-22)29-17-4-3-15-10-27-6-5-14(15)7-17/h3-4,7-9,11,13,27H,5-6,10,12H2,1-2H3,(H,28,29,30). The predicted molar refractivity (Wildman–Crippen MR) is 121 cm³/mol. The minimum atomic E-state index is -0.699. The topological polar surface area (TPSA) is 79.4 Å². The maximum atomic E-state index is 14.9. The van der Waals surface area contributed by atoms with E-state index in [0.29, 0.717) is 0 Å². The molecule has 2 aliphatic heterocycles. The molecule has 0 saturated carbocycles. The van der Waals surface area contributed by atoms with E-state index in [9.17, 15) is 13.6 Å². The van der Waals surface area contributed by atoms with Gasteiger partial charge in [-0.3, -0.25) is 4.79 Å². The van der Waals surface area contributed by atoms with E-state index in [1.807, 2.05) is 32.0 Å². The van der Waals surface area contributed by atoms with Gasteiger partial charge in [0.2, 0.25) is 5.95 Å². The molecular formula is C24H23F2N5O2. The van der Waals surface area contributed by atoms with E-state index in [-0.39, 0.29) is 47.2 Å². The molecule has 3 heterocycles. The highest BCUT2D eigenvalue weighted by Gasteiger charge is 2.31. The highest BCUT2D eigenvalue weighted by molar-refractivity contribution is 5.99. The Kier molecular flexibility index (Phi) is 5.41. The zero-order valence-electron chi connectivity index (χ0n) is 18.3. The molecule has 7 nitrogen and oxygen atoms in total. The Morgan fingerprint density at radius 1 is 1.15 bits per heavy atom. The first-order valence-electron chi connectivity index (χ1n) is 10.8. The first-order chi connectivity index (χ1) is 15.9. The summed E-state index contributed by atoms with van der Waals surface area (Å²) in [7, 11) is 0. The molecule has 1 amide bonds. The van der Waals surface area contributed by atoms with E-state index < -0.39 is 11.6 Å². The first kappa shape index (κ1) is 21.3. The lowest BCUT2D eigenvalue weighted by molar-refractivity contribution is -0.121. The van der Waals surface area contributed by atoms with Gasteiger partial charge in [0.1, 0.15) is 5.69 Å². The second kappa shape index (κ2) is 8.40. The van der Waals surface area contributed by atoms with E-state index >= 15 is 0 Å². The zero-order chi connectivity index (χ0) is 23.1. The average Bonchev–Trinajstić information content (AvgIpc) is 2.79. The summed E-state index contributed by atoms with van der Waals surface area (Å²) >= 11 is 0. The number of carbonyl (C=O) groups is 1. The van der Waals surface area contributed by atoms with Crippen molar-refractivity contribution in [1.82, 2.24) is 15.3 Å². The zero-order valence-corrected chi connectivity index (χ0v) is 18.3. The van der Waals surface area contributed by atoms with Crippen LogP contribution in [0.2, 0.25) is 0 Å². The molecule has 170 valence electrons. The number of benzene rings is 2. The number of ether oxygens (including phenoxy) is 1. The molecular weight excluding hydrogens is 428 g/mol. The average molecular weight is 451 g/mol. The summed E-state index contributed by atoms with van der Waals surface area (Å²) < 4.78 is 34.9. The van der Waals surface area contributed by atoms with Crippen molar-refractivity contribution in [3.8, 4) is 17.0 Å². The summed E-state index contributed by atoms with van der Waals surface area (Å²) in [5.74, 6) is -1.51. The smallest absolute Gasteiger partial charge is 0.265 e. The van der Waals surface area contributed by atoms with Crippen LogP contribution in [0.15, 0.2) is 36.5 Å². The molecule has 0 spiro atoms. The number of aromatic nitrogens is 2. The van der Waals surface area contributed by atoms with Crippen molar-refractivity contribution in [2.75, 3.05) is 23.4 Å². The second-order valence-corrected chi connectivity index (χ2v) is 8.38. The lowest BCUT2D eigenvalue weighted by Crippen LogP contribution is -2.43. The van der Waals surface area contributed by atoms with Crippen LogP contribution in [0.4, 0.5) is 26.1 Å². The number of nitrogens with zero attached hydrogens (tertiary/aromatic N) is 3. The van der Waals surface area contributed by atoms with Gasteiger partial charge in [-0.15, -0.1) is 0 Å². The van der Waals surface area contributed by atoms with Gasteiger partial charge in [0.15, 0.2) is 24.0 Å². The van der Waals surface area contributed by atoms with Crippen molar-refractivity contribution in [2.45, 2.75) is 32.9 Å². The molecule has 5 rings (SSSR count). The normalized spacial score (nSPS) is 15.2. The number of carbonyl (C=O) groups excluding carboxylic acids is 1. The fraction of sp³-hybridized carbons (Fsp3) is 0.292. The van der Waals surface area contributed by atoms with E-state index in [4.69, 9.17) is 4.74 Å². The number of anilines is 3. The lowest BCUT2D eigenvalue weighted by Gasteiger charge is -2.33. The quantitative estimate of drug-likeness (QED) is 0.626.